The number of unbranched alkanes of at least 4 members (excludes halogenated alkanes) is 3. The van der Waals surface area contributed by atoms with Gasteiger partial charge in [0.1, 0.15) is 23.2 Å². The Bertz CT molecular complexity index is 793. The highest BCUT2D eigenvalue weighted by molar-refractivity contribution is 6.33. The van der Waals surface area contributed by atoms with Crippen molar-refractivity contribution in [2.45, 2.75) is 89.6 Å². The van der Waals surface area contributed by atoms with E-state index in [1.54, 1.807) is 6.08 Å². The van der Waals surface area contributed by atoms with Gasteiger partial charge < -0.3 is 24.4 Å². The zero-order valence-electron chi connectivity index (χ0n) is 18.3. The molecule has 2 heterocycles. The van der Waals surface area contributed by atoms with E-state index >= 15 is 0 Å². The summed E-state index contributed by atoms with van der Waals surface area (Å²) in [6.45, 7) is 4.41. The first-order chi connectivity index (χ1) is 14.9. The lowest BCUT2D eigenvalue weighted by Crippen LogP contribution is -2.20. The molecule has 2 aliphatic rings. The Balaban J connectivity index is 1.85. The maximum atomic E-state index is 12.9. The fourth-order valence-electron chi connectivity index (χ4n) is 3.96. The highest BCUT2D eigenvalue weighted by Crippen LogP contribution is 2.39. The number of rotatable bonds is 6. The number of epoxide rings is 1. The number of aromatic hydroxyl groups is 1. The van der Waals surface area contributed by atoms with Crippen molar-refractivity contribution in [1.29, 1.82) is 0 Å². The molecule has 0 saturated carbocycles. The van der Waals surface area contributed by atoms with Gasteiger partial charge >= 0.3 is 5.97 Å². The minimum Gasteiger partial charge on any atom is -0.507 e. The van der Waals surface area contributed by atoms with E-state index in [9.17, 15) is 15.0 Å². The lowest BCUT2D eigenvalue weighted by Gasteiger charge is -2.20. The molecule has 1 fully saturated rings. The van der Waals surface area contributed by atoms with Gasteiger partial charge in [-0.15, -0.1) is 0 Å². The van der Waals surface area contributed by atoms with Gasteiger partial charge in [0.25, 0.3) is 0 Å². The SMILES string of the molecule is CCCCCCOc1cc(O)c2c(c1Cl)C[C@@H](O)/C=C/CC[C@@H]1O[C@@H]1C[C@@H](C)OC2=O. The smallest absolute Gasteiger partial charge is 0.342 e. The molecule has 3 rings (SSSR count). The van der Waals surface area contributed by atoms with Crippen LogP contribution in [0.2, 0.25) is 5.02 Å². The number of hydrogen-bond acceptors (Lipinski definition) is 6. The number of carbonyl (C=O) groups is 1. The van der Waals surface area contributed by atoms with E-state index in [1.807, 2.05) is 13.0 Å². The van der Waals surface area contributed by atoms with Gasteiger partial charge in [-0.2, -0.15) is 0 Å². The normalized spacial score (nSPS) is 27.4. The molecule has 0 amide bonds. The van der Waals surface area contributed by atoms with Crippen LogP contribution < -0.4 is 4.74 Å². The van der Waals surface area contributed by atoms with Crippen molar-refractivity contribution < 1.29 is 29.2 Å². The van der Waals surface area contributed by atoms with Gasteiger partial charge in [-0.05, 0) is 31.7 Å². The Morgan fingerprint density at radius 2 is 2.06 bits per heavy atom. The van der Waals surface area contributed by atoms with Gasteiger partial charge in [0.15, 0.2) is 0 Å². The first-order valence-electron chi connectivity index (χ1n) is 11.3. The zero-order chi connectivity index (χ0) is 22.4. The van der Waals surface area contributed by atoms with Crippen LogP contribution in [-0.4, -0.2) is 47.2 Å². The highest BCUT2D eigenvalue weighted by atomic mass is 35.5. The summed E-state index contributed by atoms with van der Waals surface area (Å²) >= 11 is 6.59. The number of aliphatic hydroxyl groups is 1. The molecule has 6 nitrogen and oxygen atoms in total. The van der Waals surface area contributed by atoms with Gasteiger partial charge in [-0.25, -0.2) is 4.79 Å². The highest BCUT2D eigenvalue weighted by Gasteiger charge is 2.39. The molecule has 0 radical (unpaired) electrons. The van der Waals surface area contributed by atoms with Gasteiger partial charge in [0, 0.05) is 18.9 Å². The van der Waals surface area contributed by atoms with Gasteiger partial charge in [-0.1, -0.05) is 49.9 Å². The quantitative estimate of drug-likeness (QED) is 0.274. The lowest BCUT2D eigenvalue weighted by molar-refractivity contribution is 0.0305. The second-order valence-electron chi connectivity index (χ2n) is 8.41. The van der Waals surface area contributed by atoms with Crippen LogP contribution in [0.25, 0.3) is 0 Å². The van der Waals surface area contributed by atoms with Crippen LogP contribution in [0.5, 0.6) is 11.5 Å². The van der Waals surface area contributed by atoms with E-state index in [-0.39, 0.29) is 41.1 Å². The van der Waals surface area contributed by atoms with Crippen LogP contribution in [-0.2, 0) is 15.9 Å². The average Bonchev–Trinajstić information content (AvgIpc) is 3.45. The van der Waals surface area contributed by atoms with Crippen LogP contribution in [0.15, 0.2) is 18.2 Å². The van der Waals surface area contributed by atoms with Gasteiger partial charge in [-0.3, -0.25) is 0 Å². The molecular weight excluding hydrogens is 420 g/mol. The summed E-state index contributed by atoms with van der Waals surface area (Å²) in [5.74, 6) is -0.618. The number of carbonyl (C=O) groups excluding carboxylic acids is 1. The lowest BCUT2D eigenvalue weighted by atomic mass is 9.98. The second-order valence-corrected chi connectivity index (χ2v) is 8.79. The third kappa shape index (κ3) is 6.61. The molecule has 0 aromatic heterocycles. The van der Waals surface area contributed by atoms with Crippen molar-refractivity contribution in [3.8, 4) is 11.5 Å². The summed E-state index contributed by atoms with van der Waals surface area (Å²) in [4.78, 5) is 12.9. The summed E-state index contributed by atoms with van der Waals surface area (Å²) in [6, 6.07) is 1.36. The molecule has 1 saturated heterocycles. The topological polar surface area (TPSA) is 88.5 Å². The van der Waals surface area contributed by atoms with Crippen molar-refractivity contribution in [2.75, 3.05) is 6.61 Å². The number of phenols is 1. The van der Waals surface area contributed by atoms with Crippen LogP contribution in [0, 0.1) is 0 Å². The largest absolute Gasteiger partial charge is 0.507 e. The molecule has 2 N–H and O–H groups in total. The molecule has 2 aliphatic heterocycles. The number of halogens is 1. The number of esters is 1. The van der Waals surface area contributed by atoms with E-state index in [4.69, 9.17) is 25.8 Å². The summed E-state index contributed by atoms with van der Waals surface area (Å²) in [5, 5.41) is 21.4. The van der Waals surface area contributed by atoms with Crippen molar-refractivity contribution in [1.82, 2.24) is 0 Å². The van der Waals surface area contributed by atoms with E-state index < -0.39 is 12.1 Å². The summed E-state index contributed by atoms with van der Waals surface area (Å²) in [7, 11) is 0. The third-order valence-electron chi connectivity index (χ3n) is 5.72. The van der Waals surface area contributed by atoms with E-state index in [0.717, 1.165) is 38.5 Å². The number of aliphatic hydroxyl groups excluding tert-OH is 1. The van der Waals surface area contributed by atoms with Crippen molar-refractivity contribution in [3.63, 3.8) is 0 Å². The number of fused-ring (bicyclic) bond motifs is 2. The van der Waals surface area contributed by atoms with Crippen LogP contribution in [0.3, 0.4) is 0 Å². The van der Waals surface area contributed by atoms with Crippen molar-refractivity contribution in [2.24, 2.45) is 0 Å². The fraction of sp³-hybridized carbons (Fsp3) is 0.625. The minimum absolute atomic E-state index is 0.0204. The summed E-state index contributed by atoms with van der Waals surface area (Å²) in [5.41, 5.74) is 0.310. The molecule has 0 spiro atoms. The monoisotopic (exact) mass is 452 g/mol. The van der Waals surface area contributed by atoms with Gasteiger partial charge in [0.05, 0.1) is 29.9 Å². The fourth-order valence-corrected chi connectivity index (χ4v) is 4.24. The van der Waals surface area contributed by atoms with Crippen LogP contribution in [0.4, 0.5) is 0 Å². The molecule has 0 aliphatic carbocycles. The zero-order valence-corrected chi connectivity index (χ0v) is 19.1. The van der Waals surface area contributed by atoms with E-state index in [1.165, 1.54) is 6.07 Å². The Morgan fingerprint density at radius 1 is 1.26 bits per heavy atom. The summed E-state index contributed by atoms with van der Waals surface area (Å²) < 4.78 is 17.0. The molecule has 4 atom stereocenters. The van der Waals surface area contributed by atoms with Crippen LogP contribution in [0.1, 0.15) is 74.7 Å². The maximum absolute atomic E-state index is 12.9. The molecule has 31 heavy (non-hydrogen) atoms. The molecule has 172 valence electrons. The number of allylic oxidation sites excluding steroid dienone is 1. The Hall–Kier alpha value is -1.76. The van der Waals surface area contributed by atoms with Crippen molar-refractivity contribution in [3.05, 3.63) is 34.4 Å². The third-order valence-corrected chi connectivity index (χ3v) is 6.13. The van der Waals surface area contributed by atoms with E-state index in [0.29, 0.717) is 24.3 Å². The number of ether oxygens (including phenoxy) is 3. The number of phenolic OH excluding ortho intramolecular Hbond substituents is 1. The molecule has 7 heteroatoms. The minimum atomic E-state index is -0.862. The molecule has 1 aromatic carbocycles. The molecule has 0 unspecified atom stereocenters. The Kier molecular flexibility index (Phi) is 8.64. The predicted octanol–water partition coefficient (Wildman–Crippen LogP) is 4.96. The van der Waals surface area contributed by atoms with Crippen LogP contribution >= 0.6 is 11.6 Å². The standard InChI is InChI=1S/C24H33ClO6/c1-3-4-5-8-11-29-21-14-18(27)22-17(23(21)25)13-16(26)9-6-7-10-19-20(31-19)12-15(2)30-24(22)28/h6,9,14-16,19-20,26-27H,3-5,7-8,10-13H2,1-2H3/b9-6+/t15-,16+,19+,20-/m1/s1. The molecular formula is C24H33ClO6. The predicted molar refractivity (Wildman–Crippen MR) is 119 cm³/mol. The van der Waals surface area contributed by atoms with Gasteiger partial charge in [0.2, 0.25) is 0 Å². The molecule has 1 aromatic rings. The average molecular weight is 453 g/mol. The maximum Gasteiger partial charge on any atom is 0.342 e. The Labute approximate surface area is 189 Å². The summed E-state index contributed by atoms with van der Waals surface area (Å²) in [6.07, 6.45) is 9.10. The van der Waals surface area contributed by atoms with E-state index in [2.05, 4.69) is 6.92 Å². The van der Waals surface area contributed by atoms with Crippen molar-refractivity contribution >= 4 is 17.6 Å². The molecule has 0 bridgehead atoms. The first-order valence-corrected chi connectivity index (χ1v) is 11.7. The first kappa shape index (κ1) is 23.9. The second kappa shape index (κ2) is 11.2. The number of benzene rings is 1. The number of cyclic esters (lactones) is 1. The Morgan fingerprint density at radius 3 is 2.84 bits per heavy atom. The number of hydrogen-bond donors (Lipinski definition) is 2.